The van der Waals surface area contributed by atoms with Gasteiger partial charge in [-0.25, -0.2) is 0 Å². The van der Waals surface area contributed by atoms with Crippen LogP contribution in [0.1, 0.15) is 25.0 Å². The van der Waals surface area contributed by atoms with E-state index >= 15 is 0 Å². The number of para-hydroxylation sites is 2. The highest BCUT2D eigenvalue weighted by atomic mass is 35.5. The third kappa shape index (κ3) is 4.42. The van der Waals surface area contributed by atoms with Crippen LogP contribution in [0.4, 0.5) is 5.69 Å². The van der Waals surface area contributed by atoms with Crippen LogP contribution in [0.5, 0.6) is 11.5 Å². The summed E-state index contributed by atoms with van der Waals surface area (Å²) in [5, 5.41) is 3.55. The maximum atomic E-state index is 12.4. The Morgan fingerprint density at radius 1 is 1.21 bits per heavy atom. The highest BCUT2D eigenvalue weighted by Crippen LogP contribution is 2.27. The van der Waals surface area contributed by atoms with Crippen molar-refractivity contribution in [1.29, 1.82) is 0 Å². The lowest BCUT2D eigenvalue weighted by Gasteiger charge is -2.17. The second kappa shape index (κ2) is 8.06. The second-order valence-electron chi connectivity index (χ2n) is 5.55. The topological polar surface area (TPSA) is 47.6 Å². The van der Waals surface area contributed by atoms with Gasteiger partial charge in [0.25, 0.3) is 5.91 Å². The molecule has 0 aromatic heterocycles. The number of rotatable bonds is 6. The largest absolute Gasteiger partial charge is 0.492 e. The van der Waals surface area contributed by atoms with Crippen LogP contribution in [0, 0.1) is 13.8 Å². The summed E-state index contributed by atoms with van der Waals surface area (Å²) in [6.07, 6.45) is -0.653. The van der Waals surface area contributed by atoms with Crippen LogP contribution in [-0.4, -0.2) is 18.6 Å². The number of aryl methyl sites for hydroxylation is 2. The number of halogens is 1. The fraction of sp³-hybridized carbons (Fsp3) is 0.316. The van der Waals surface area contributed by atoms with Crippen molar-refractivity contribution in [2.24, 2.45) is 0 Å². The minimum atomic E-state index is -0.653. The van der Waals surface area contributed by atoms with Crippen molar-refractivity contribution in [3.63, 3.8) is 0 Å². The van der Waals surface area contributed by atoms with Gasteiger partial charge in [-0.15, -0.1) is 0 Å². The van der Waals surface area contributed by atoms with E-state index in [0.29, 0.717) is 28.8 Å². The number of nitrogens with one attached hydrogen (secondary N) is 1. The van der Waals surface area contributed by atoms with Gasteiger partial charge in [0.05, 0.1) is 12.3 Å². The van der Waals surface area contributed by atoms with Crippen molar-refractivity contribution < 1.29 is 14.3 Å². The molecule has 4 nitrogen and oxygen atoms in total. The van der Waals surface area contributed by atoms with Gasteiger partial charge in [-0.1, -0.05) is 23.7 Å². The Kier molecular flexibility index (Phi) is 6.10. The van der Waals surface area contributed by atoms with Gasteiger partial charge in [0.2, 0.25) is 0 Å². The highest BCUT2D eigenvalue weighted by molar-refractivity contribution is 6.32. The Labute approximate surface area is 147 Å². The Morgan fingerprint density at radius 3 is 2.46 bits per heavy atom. The van der Waals surface area contributed by atoms with Crippen LogP contribution < -0.4 is 14.8 Å². The molecule has 0 bridgehead atoms. The van der Waals surface area contributed by atoms with Crippen LogP contribution >= 0.6 is 11.6 Å². The Bertz CT molecular complexity index is 707. The van der Waals surface area contributed by atoms with E-state index < -0.39 is 6.10 Å². The number of amides is 1. The lowest BCUT2D eigenvalue weighted by atomic mass is 10.1. The van der Waals surface area contributed by atoms with Gasteiger partial charge >= 0.3 is 0 Å². The maximum Gasteiger partial charge on any atom is 0.265 e. The number of hydrogen-bond donors (Lipinski definition) is 1. The average Bonchev–Trinajstić information content (AvgIpc) is 2.54. The molecule has 0 fully saturated rings. The van der Waals surface area contributed by atoms with Crippen LogP contribution in [0.15, 0.2) is 36.4 Å². The molecule has 0 heterocycles. The molecule has 1 amide bonds. The zero-order valence-corrected chi connectivity index (χ0v) is 15.1. The molecule has 0 spiro atoms. The molecule has 2 rings (SSSR count). The molecule has 0 aliphatic rings. The molecular weight excluding hydrogens is 326 g/mol. The first-order valence-electron chi connectivity index (χ1n) is 7.88. The first-order chi connectivity index (χ1) is 11.4. The van der Waals surface area contributed by atoms with E-state index in [1.807, 2.05) is 51.1 Å². The average molecular weight is 348 g/mol. The summed E-state index contributed by atoms with van der Waals surface area (Å²) in [6.45, 7) is 7.95. The molecule has 0 saturated heterocycles. The van der Waals surface area contributed by atoms with Gasteiger partial charge < -0.3 is 14.8 Å². The van der Waals surface area contributed by atoms with Crippen molar-refractivity contribution >= 4 is 23.2 Å². The molecule has 2 aromatic carbocycles. The Balaban J connectivity index is 2.08. The summed E-state index contributed by atoms with van der Waals surface area (Å²) < 4.78 is 11.3. The van der Waals surface area contributed by atoms with Gasteiger partial charge in [-0.05, 0) is 63.1 Å². The molecular formula is C19H22ClNO3. The predicted octanol–water partition coefficient (Wildman–Crippen LogP) is 4.76. The van der Waals surface area contributed by atoms with Gasteiger partial charge in [0, 0.05) is 5.02 Å². The third-order valence-corrected chi connectivity index (χ3v) is 4.13. The van der Waals surface area contributed by atoms with Gasteiger partial charge in [0.15, 0.2) is 6.10 Å². The molecule has 0 saturated carbocycles. The quantitative estimate of drug-likeness (QED) is 0.819. The molecule has 0 radical (unpaired) electrons. The minimum Gasteiger partial charge on any atom is -0.492 e. The second-order valence-corrected chi connectivity index (χ2v) is 5.93. The molecule has 1 N–H and O–H groups in total. The number of ether oxygens (including phenoxy) is 2. The number of carbonyl (C=O) groups excluding carboxylic acids is 1. The van der Waals surface area contributed by atoms with E-state index in [2.05, 4.69) is 5.32 Å². The van der Waals surface area contributed by atoms with Crippen LogP contribution in [0.25, 0.3) is 0 Å². The molecule has 1 atom stereocenters. The van der Waals surface area contributed by atoms with Crippen molar-refractivity contribution in [2.45, 2.75) is 33.8 Å². The summed E-state index contributed by atoms with van der Waals surface area (Å²) in [7, 11) is 0. The molecule has 0 unspecified atom stereocenters. The highest BCUT2D eigenvalue weighted by Gasteiger charge is 2.17. The van der Waals surface area contributed by atoms with E-state index in [1.165, 1.54) is 0 Å². The molecule has 24 heavy (non-hydrogen) atoms. The number of hydrogen-bond acceptors (Lipinski definition) is 3. The first-order valence-corrected chi connectivity index (χ1v) is 8.26. The first kappa shape index (κ1) is 18.1. The Morgan fingerprint density at radius 2 is 1.83 bits per heavy atom. The van der Waals surface area contributed by atoms with Crippen molar-refractivity contribution in [3.05, 3.63) is 52.5 Å². The maximum absolute atomic E-state index is 12.4. The third-order valence-electron chi connectivity index (χ3n) is 3.54. The summed E-state index contributed by atoms with van der Waals surface area (Å²) in [4.78, 5) is 12.4. The normalized spacial score (nSPS) is 11.7. The fourth-order valence-corrected chi connectivity index (χ4v) is 2.43. The molecule has 5 heteroatoms. The van der Waals surface area contributed by atoms with E-state index in [9.17, 15) is 4.79 Å². The smallest absolute Gasteiger partial charge is 0.265 e. The molecule has 128 valence electrons. The predicted molar refractivity (Wildman–Crippen MR) is 97.3 cm³/mol. The Hall–Kier alpha value is -2.20. The van der Waals surface area contributed by atoms with Crippen molar-refractivity contribution in [1.82, 2.24) is 0 Å². The van der Waals surface area contributed by atoms with Gasteiger partial charge in [-0.3, -0.25) is 4.79 Å². The molecule has 0 aliphatic heterocycles. The van der Waals surface area contributed by atoms with E-state index in [1.54, 1.807) is 13.0 Å². The zero-order chi connectivity index (χ0) is 17.7. The van der Waals surface area contributed by atoms with Gasteiger partial charge in [0.1, 0.15) is 11.5 Å². The summed E-state index contributed by atoms with van der Waals surface area (Å²) >= 11 is 6.15. The van der Waals surface area contributed by atoms with Gasteiger partial charge in [-0.2, -0.15) is 0 Å². The van der Waals surface area contributed by atoms with E-state index in [4.69, 9.17) is 21.1 Å². The molecule has 0 aliphatic carbocycles. The lowest BCUT2D eigenvalue weighted by Crippen LogP contribution is -2.30. The number of carbonyl (C=O) groups is 1. The monoisotopic (exact) mass is 347 g/mol. The van der Waals surface area contributed by atoms with E-state index in [-0.39, 0.29) is 5.91 Å². The SMILES string of the molecule is CCOc1ccccc1NC(=O)[C@@H](C)Oc1cc(C)c(Cl)c(C)c1. The minimum absolute atomic E-state index is 0.243. The summed E-state index contributed by atoms with van der Waals surface area (Å²) in [6, 6.07) is 11.0. The van der Waals surface area contributed by atoms with Crippen molar-refractivity contribution in [3.8, 4) is 11.5 Å². The van der Waals surface area contributed by atoms with Crippen LogP contribution in [0.2, 0.25) is 5.02 Å². The van der Waals surface area contributed by atoms with Crippen LogP contribution in [0.3, 0.4) is 0 Å². The standard InChI is InChI=1S/C19H22ClNO3/c1-5-23-17-9-7-6-8-16(17)21-19(22)14(4)24-15-10-12(2)18(20)13(3)11-15/h6-11,14H,5H2,1-4H3,(H,21,22)/t14-/m1/s1. The fourth-order valence-electron chi connectivity index (χ4n) is 2.32. The number of anilines is 1. The van der Waals surface area contributed by atoms with Crippen LogP contribution in [-0.2, 0) is 4.79 Å². The van der Waals surface area contributed by atoms with Crippen molar-refractivity contribution in [2.75, 3.05) is 11.9 Å². The van der Waals surface area contributed by atoms with E-state index in [0.717, 1.165) is 11.1 Å². The number of benzene rings is 2. The molecule has 2 aromatic rings. The summed E-state index contributed by atoms with van der Waals surface area (Å²) in [5.41, 5.74) is 2.46. The lowest BCUT2D eigenvalue weighted by molar-refractivity contribution is -0.122. The summed E-state index contributed by atoms with van der Waals surface area (Å²) in [5.74, 6) is 1.02. The zero-order valence-electron chi connectivity index (χ0n) is 14.4.